The van der Waals surface area contributed by atoms with E-state index < -0.39 is 22.0 Å². The highest BCUT2D eigenvalue weighted by atomic mass is 32.2. The molecule has 8 heteroatoms. The van der Waals surface area contributed by atoms with E-state index in [1.54, 1.807) is 0 Å². The number of ether oxygens (including phenoxy) is 1. The largest absolute Gasteiger partial charge is 0.481 e. The van der Waals surface area contributed by atoms with Crippen LogP contribution in [-0.2, 0) is 24.3 Å². The second kappa shape index (κ2) is 7.58. The number of carboxylic acids is 1. The number of hydrogen-bond acceptors (Lipinski definition) is 5. The summed E-state index contributed by atoms with van der Waals surface area (Å²) < 4.78 is 30.6. The first-order valence-corrected chi connectivity index (χ1v) is 8.29. The fraction of sp³-hybridized carbons (Fsp3) is 0.833. The summed E-state index contributed by atoms with van der Waals surface area (Å²) in [6.45, 7) is 0. The summed E-state index contributed by atoms with van der Waals surface area (Å²) in [7, 11) is -2.17. The summed E-state index contributed by atoms with van der Waals surface area (Å²) in [5.41, 5.74) is 0. The topological polar surface area (TPSA) is 110 Å². The maximum absolute atomic E-state index is 11.8. The van der Waals surface area contributed by atoms with Crippen LogP contribution in [0.25, 0.3) is 0 Å². The molecule has 0 saturated heterocycles. The third-order valence-electron chi connectivity index (χ3n) is 3.44. The summed E-state index contributed by atoms with van der Waals surface area (Å²) in [5.74, 6) is -1.73. The Morgan fingerprint density at radius 1 is 1.25 bits per heavy atom. The predicted molar refractivity (Wildman–Crippen MR) is 71.6 cm³/mol. The molecule has 7 nitrogen and oxygen atoms in total. The smallest absolute Gasteiger partial charge is 0.306 e. The molecule has 1 rings (SSSR count). The molecular formula is C12H21NO6S. The molecule has 0 aliphatic heterocycles. The van der Waals surface area contributed by atoms with Crippen molar-refractivity contribution in [2.75, 3.05) is 12.9 Å². The van der Waals surface area contributed by atoms with Crippen LogP contribution in [0.2, 0.25) is 0 Å². The molecule has 0 radical (unpaired) electrons. The van der Waals surface area contributed by atoms with Crippen molar-refractivity contribution < 1.29 is 27.9 Å². The maximum Gasteiger partial charge on any atom is 0.306 e. The highest BCUT2D eigenvalue weighted by molar-refractivity contribution is 7.89. The van der Waals surface area contributed by atoms with Crippen LogP contribution in [0, 0.1) is 5.92 Å². The molecule has 0 amide bonds. The second-order valence-electron chi connectivity index (χ2n) is 5.00. The van der Waals surface area contributed by atoms with Gasteiger partial charge in [0.05, 0.1) is 18.8 Å². The zero-order valence-corrected chi connectivity index (χ0v) is 12.3. The first kappa shape index (κ1) is 16.9. The molecule has 116 valence electrons. The lowest BCUT2D eigenvalue weighted by atomic mass is 9.87. The Kier molecular flexibility index (Phi) is 6.41. The first-order chi connectivity index (χ1) is 9.34. The van der Waals surface area contributed by atoms with Crippen molar-refractivity contribution in [3.8, 4) is 0 Å². The van der Waals surface area contributed by atoms with Crippen molar-refractivity contribution in [1.82, 2.24) is 4.72 Å². The zero-order valence-electron chi connectivity index (χ0n) is 11.5. The van der Waals surface area contributed by atoms with Crippen LogP contribution in [-0.4, -0.2) is 44.4 Å². The number of hydrogen-bond donors (Lipinski definition) is 2. The van der Waals surface area contributed by atoms with E-state index in [-0.39, 0.29) is 30.6 Å². The monoisotopic (exact) mass is 307 g/mol. The summed E-state index contributed by atoms with van der Waals surface area (Å²) in [6, 6.07) is -0.200. The van der Waals surface area contributed by atoms with Crippen molar-refractivity contribution >= 4 is 22.0 Å². The molecule has 0 aromatic heterocycles. The maximum atomic E-state index is 11.8. The van der Waals surface area contributed by atoms with Gasteiger partial charge in [0.25, 0.3) is 0 Å². The second-order valence-corrected chi connectivity index (χ2v) is 6.88. The molecule has 0 bridgehead atoms. The standard InChI is InChI=1S/C12H21NO6S/c1-19-11(14)3-2-8-20(17,18)13-10-6-4-9(5-7-10)12(15)16/h9-10,13H,2-8H2,1H3,(H,15,16). The number of methoxy groups -OCH3 is 1. The summed E-state index contributed by atoms with van der Waals surface area (Å²) in [5, 5.41) is 8.87. The minimum Gasteiger partial charge on any atom is -0.481 e. The van der Waals surface area contributed by atoms with Crippen LogP contribution in [0.1, 0.15) is 38.5 Å². The van der Waals surface area contributed by atoms with Gasteiger partial charge in [0.2, 0.25) is 10.0 Å². The SMILES string of the molecule is COC(=O)CCCS(=O)(=O)NC1CCC(C(=O)O)CC1. The molecule has 0 unspecified atom stereocenters. The van der Waals surface area contributed by atoms with Crippen molar-refractivity contribution in [3.05, 3.63) is 0 Å². The van der Waals surface area contributed by atoms with Crippen molar-refractivity contribution in [3.63, 3.8) is 0 Å². The lowest BCUT2D eigenvalue weighted by Crippen LogP contribution is -2.39. The molecule has 1 aliphatic rings. The van der Waals surface area contributed by atoms with Gasteiger partial charge in [0.1, 0.15) is 0 Å². The Balaban J connectivity index is 2.33. The minimum absolute atomic E-state index is 0.0726. The molecule has 2 N–H and O–H groups in total. The van der Waals surface area contributed by atoms with Crippen LogP contribution >= 0.6 is 0 Å². The lowest BCUT2D eigenvalue weighted by molar-refractivity contribution is -0.143. The molecule has 0 aromatic rings. The molecule has 0 aromatic carbocycles. The summed E-state index contributed by atoms with van der Waals surface area (Å²) in [6.07, 6.45) is 2.34. The average Bonchev–Trinajstić information content (AvgIpc) is 2.38. The molecule has 0 heterocycles. The third kappa shape index (κ3) is 5.87. The van der Waals surface area contributed by atoms with Crippen LogP contribution < -0.4 is 4.72 Å². The van der Waals surface area contributed by atoms with E-state index in [9.17, 15) is 18.0 Å². The Bertz CT molecular complexity index is 439. The number of aliphatic carboxylic acids is 1. The molecular weight excluding hydrogens is 286 g/mol. The fourth-order valence-corrected chi connectivity index (χ4v) is 3.67. The molecule has 0 atom stereocenters. The number of sulfonamides is 1. The van der Waals surface area contributed by atoms with Crippen molar-refractivity contribution in [2.24, 2.45) is 5.92 Å². The van der Waals surface area contributed by atoms with E-state index in [2.05, 4.69) is 9.46 Å². The van der Waals surface area contributed by atoms with Crippen molar-refractivity contribution in [1.29, 1.82) is 0 Å². The Morgan fingerprint density at radius 3 is 2.35 bits per heavy atom. The summed E-state index contributed by atoms with van der Waals surface area (Å²) >= 11 is 0. The van der Waals surface area contributed by atoms with E-state index in [0.29, 0.717) is 25.7 Å². The van der Waals surface area contributed by atoms with E-state index in [1.165, 1.54) is 7.11 Å². The van der Waals surface area contributed by atoms with Crippen LogP contribution in [0.15, 0.2) is 0 Å². The van der Waals surface area contributed by atoms with Gasteiger partial charge in [-0.05, 0) is 32.1 Å². The van der Waals surface area contributed by atoms with Gasteiger partial charge in [-0.1, -0.05) is 0 Å². The van der Waals surface area contributed by atoms with Gasteiger partial charge in [0.15, 0.2) is 0 Å². The number of carbonyl (C=O) groups excluding carboxylic acids is 1. The van der Waals surface area contributed by atoms with Gasteiger partial charge < -0.3 is 9.84 Å². The molecule has 1 fully saturated rings. The van der Waals surface area contributed by atoms with Gasteiger partial charge in [-0.2, -0.15) is 0 Å². The number of rotatable bonds is 7. The van der Waals surface area contributed by atoms with Crippen LogP contribution in [0.3, 0.4) is 0 Å². The van der Waals surface area contributed by atoms with Gasteiger partial charge in [0, 0.05) is 12.5 Å². The fourth-order valence-electron chi connectivity index (χ4n) is 2.28. The molecule has 1 aliphatic carbocycles. The van der Waals surface area contributed by atoms with E-state index in [4.69, 9.17) is 5.11 Å². The van der Waals surface area contributed by atoms with Gasteiger partial charge in [-0.25, -0.2) is 13.1 Å². The van der Waals surface area contributed by atoms with Crippen molar-refractivity contribution in [2.45, 2.75) is 44.6 Å². The van der Waals surface area contributed by atoms with Gasteiger partial charge in [-0.3, -0.25) is 9.59 Å². The quantitative estimate of drug-likeness (QED) is 0.663. The van der Waals surface area contributed by atoms with E-state index in [1.807, 2.05) is 0 Å². The minimum atomic E-state index is -3.43. The number of esters is 1. The number of carboxylic acid groups (broad SMARTS) is 1. The van der Waals surface area contributed by atoms with Crippen LogP contribution in [0.4, 0.5) is 0 Å². The van der Waals surface area contributed by atoms with Gasteiger partial charge >= 0.3 is 11.9 Å². The average molecular weight is 307 g/mol. The Hall–Kier alpha value is -1.15. The highest BCUT2D eigenvalue weighted by Crippen LogP contribution is 2.24. The number of nitrogens with one attached hydrogen (secondary N) is 1. The Labute approximate surface area is 118 Å². The lowest BCUT2D eigenvalue weighted by Gasteiger charge is -2.26. The molecule has 20 heavy (non-hydrogen) atoms. The first-order valence-electron chi connectivity index (χ1n) is 6.63. The molecule has 1 saturated carbocycles. The highest BCUT2D eigenvalue weighted by Gasteiger charge is 2.28. The van der Waals surface area contributed by atoms with E-state index in [0.717, 1.165) is 0 Å². The van der Waals surface area contributed by atoms with Gasteiger partial charge in [-0.15, -0.1) is 0 Å². The van der Waals surface area contributed by atoms with Crippen LogP contribution in [0.5, 0.6) is 0 Å². The number of carbonyl (C=O) groups is 2. The summed E-state index contributed by atoms with van der Waals surface area (Å²) in [4.78, 5) is 21.7. The predicted octanol–water partition coefficient (Wildman–Crippen LogP) is 0.502. The molecule has 0 spiro atoms. The Morgan fingerprint density at radius 2 is 1.85 bits per heavy atom. The third-order valence-corrected chi connectivity index (χ3v) is 4.96. The zero-order chi connectivity index (χ0) is 15.2. The normalized spacial score (nSPS) is 23.2. The van der Waals surface area contributed by atoms with E-state index >= 15 is 0 Å².